The Morgan fingerprint density at radius 3 is 2.06 bits per heavy atom. The summed E-state index contributed by atoms with van der Waals surface area (Å²) in [5, 5.41) is 0. The first-order valence-electron chi connectivity index (χ1n) is 6.76. The Kier molecular flexibility index (Phi) is 11.9. The van der Waals surface area contributed by atoms with Gasteiger partial charge in [-0.3, -0.25) is 4.79 Å². The van der Waals surface area contributed by atoms with E-state index in [4.69, 9.17) is 0 Å². The third kappa shape index (κ3) is 11.4. The van der Waals surface area contributed by atoms with Gasteiger partial charge in [-0.1, -0.05) is 39.0 Å². The van der Waals surface area contributed by atoms with Crippen molar-refractivity contribution in [1.82, 2.24) is 0 Å². The molecule has 0 heterocycles. The topological polar surface area (TPSA) is 34.1 Å². The molecular weight excluding hydrogens is 200 g/mol. The van der Waals surface area contributed by atoms with Crippen LogP contribution in [-0.2, 0) is 9.59 Å². The molecule has 0 aliphatic carbocycles. The lowest BCUT2D eigenvalue weighted by Gasteiger charge is -2.01. The molecule has 0 aromatic heterocycles. The molecule has 0 unspecified atom stereocenters. The molecule has 0 fully saturated rings. The predicted molar refractivity (Wildman–Crippen MR) is 67.5 cm³/mol. The van der Waals surface area contributed by atoms with E-state index in [2.05, 4.69) is 6.92 Å². The van der Waals surface area contributed by atoms with Gasteiger partial charge < -0.3 is 4.79 Å². The number of unbranched alkanes of at least 4 members (excludes halogenated alkanes) is 7. The molecular formula is C14H26O2. The molecule has 0 bridgehead atoms. The first kappa shape index (κ1) is 15.3. The molecule has 2 nitrogen and oxygen atoms in total. The number of hydrogen-bond acceptors (Lipinski definition) is 2. The minimum absolute atomic E-state index is 0.432. The van der Waals surface area contributed by atoms with Crippen molar-refractivity contribution in [2.45, 2.75) is 77.6 Å². The zero-order valence-electron chi connectivity index (χ0n) is 10.7. The van der Waals surface area contributed by atoms with Crippen molar-refractivity contribution in [2.24, 2.45) is 0 Å². The predicted octanol–water partition coefficient (Wildman–Crippen LogP) is 4.07. The molecule has 2 heteroatoms. The Morgan fingerprint density at radius 1 is 0.875 bits per heavy atom. The molecule has 0 aromatic carbocycles. The van der Waals surface area contributed by atoms with E-state index in [9.17, 15) is 9.59 Å². The fraction of sp³-hybridized carbons (Fsp3) is 0.857. The van der Waals surface area contributed by atoms with Gasteiger partial charge in [0.25, 0.3) is 0 Å². The van der Waals surface area contributed by atoms with E-state index in [0.717, 1.165) is 57.7 Å². The number of aldehydes is 1. The van der Waals surface area contributed by atoms with Gasteiger partial charge in [0.05, 0.1) is 0 Å². The number of carbonyl (C=O) groups is 2. The van der Waals surface area contributed by atoms with Crippen molar-refractivity contribution in [3.05, 3.63) is 0 Å². The van der Waals surface area contributed by atoms with Crippen molar-refractivity contribution >= 4 is 12.1 Å². The number of hydrogen-bond donors (Lipinski definition) is 0. The Labute approximate surface area is 99.8 Å². The van der Waals surface area contributed by atoms with E-state index >= 15 is 0 Å². The van der Waals surface area contributed by atoms with E-state index in [1.165, 1.54) is 12.8 Å². The first-order chi connectivity index (χ1) is 7.81. The molecule has 94 valence electrons. The van der Waals surface area contributed by atoms with Crippen molar-refractivity contribution in [2.75, 3.05) is 0 Å². The first-order valence-corrected chi connectivity index (χ1v) is 6.76. The van der Waals surface area contributed by atoms with Gasteiger partial charge in [-0.2, -0.15) is 0 Å². The van der Waals surface area contributed by atoms with Crippen molar-refractivity contribution < 1.29 is 9.59 Å². The Bertz CT molecular complexity index is 176. The normalized spacial score (nSPS) is 10.3. The van der Waals surface area contributed by atoms with Crippen LogP contribution in [0.15, 0.2) is 0 Å². The lowest BCUT2D eigenvalue weighted by Crippen LogP contribution is -1.97. The third-order valence-corrected chi connectivity index (χ3v) is 2.84. The van der Waals surface area contributed by atoms with E-state index in [0.29, 0.717) is 12.2 Å². The minimum atomic E-state index is 0.432. The van der Waals surface area contributed by atoms with Gasteiger partial charge in [-0.15, -0.1) is 0 Å². The second-order valence-electron chi connectivity index (χ2n) is 4.47. The molecule has 0 amide bonds. The second-order valence-corrected chi connectivity index (χ2v) is 4.47. The van der Waals surface area contributed by atoms with Gasteiger partial charge in [0, 0.05) is 19.3 Å². The molecule has 0 spiro atoms. The highest BCUT2D eigenvalue weighted by atomic mass is 16.1. The van der Waals surface area contributed by atoms with Gasteiger partial charge in [0.15, 0.2) is 0 Å². The fourth-order valence-electron chi connectivity index (χ4n) is 1.78. The average Bonchev–Trinajstić information content (AvgIpc) is 2.28. The van der Waals surface area contributed by atoms with Crippen LogP contribution < -0.4 is 0 Å². The quantitative estimate of drug-likeness (QED) is 0.371. The highest BCUT2D eigenvalue weighted by molar-refractivity contribution is 5.78. The number of carbonyl (C=O) groups excluding carboxylic acids is 2. The summed E-state index contributed by atoms with van der Waals surface area (Å²) in [6.07, 6.45) is 12.1. The van der Waals surface area contributed by atoms with Gasteiger partial charge in [0.2, 0.25) is 0 Å². The van der Waals surface area contributed by atoms with E-state index in [1.54, 1.807) is 0 Å². The molecule has 16 heavy (non-hydrogen) atoms. The zero-order valence-corrected chi connectivity index (χ0v) is 10.7. The van der Waals surface area contributed by atoms with Crippen LogP contribution in [0.3, 0.4) is 0 Å². The maximum Gasteiger partial charge on any atom is 0.132 e. The lowest BCUT2D eigenvalue weighted by molar-refractivity contribution is -0.119. The molecule has 0 rings (SSSR count). The van der Waals surface area contributed by atoms with E-state index in [-0.39, 0.29) is 0 Å². The summed E-state index contributed by atoms with van der Waals surface area (Å²) in [5.74, 6) is 0.432. The molecule has 0 N–H and O–H groups in total. The Balaban J connectivity index is 3.12. The average molecular weight is 226 g/mol. The van der Waals surface area contributed by atoms with Gasteiger partial charge in [0.1, 0.15) is 12.1 Å². The maximum atomic E-state index is 11.4. The molecule has 0 saturated heterocycles. The van der Waals surface area contributed by atoms with Crippen molar-refractivity contribution in [3.8, 4) is 0 Å². The summed E-state index contributed by atoms with van der Waals surface area (Å²) in [7, 11) is 0. The minimum Gasteiger partial charge on any atom is -0.303 e. The summed E-state index contributed by atoms with van der Waals surface area (Å²) in [6, 6.07) is 0. The van der Waals surface area contributed by atoms with Crippen LogP contribution in [0.2, 0.25) is 0 Å². The molecule has 0 aromatic rings. The largest absolute Gasteiger partial charge is 0.303 e. The highest BCUT2D eigenvalue weighted by Gasteiger charge is 2.00. The monoisotopic (exact) mass is 226 g/mol. The summed E-state index contributed by atoms with van der Waals surface area (Å²) in [6.45, 7) is 2.16. The van der Waals surface area contributed by atoms with Gasteiger partial charge in [-0.25, -0.2) is 0 Å². The maximum absolute atomic E-state index is 11.4. The smallest absolute Gasteiger partial charge is 0.132 e. The SMILES string of the molecule is CCCCCC(=O)CCCCCCCC=O. The van der Waals surface area contributed by atoms with Crippen LogP contribution in [0.25, 0.3) is 0 Å². The van der Waals surface area contributed by atoms with E-state index < -0.39 is 0 Å². The molecule has 0 saturated carbocycles. The lowest BCUT2D eigenvalue weighted by atomic mass is 10.0. The molecule has 0 aliphatic rings. The molecule has 0 radical (unpaired) electrons. The van der Waals surface area contributed by atoms with Crippen molar-refractivity contribution in [1.29, 1.82) is 0 Å². The Morgan fingerprint density at radius 2 is 1.44 bits per heavy atom. The standard InChI is InChI=1S/C14H26O2/c1-2-3-8-11-14(16)12-9-6-4-5-7-10-13-15/h13H,2-12H2,1H3. The fourth-order valence-corrected chi connectivity index (χ4v) is 1.78. The Hall–Kier alpha value is -0.660. The summed E-state index contributed by atoms with van der Waals surface area (Å²) in [4.78, 5) is 21.5. The zero-order chi connectivity index (χ0) is 12.1. The molecule has 0 aliphatic heterocycles. The number of rotatable bonds is 12. The van der Waals surface area contributed by atoms with Crippen LogP contribution >= 0.6 is 0 Å². The van der Waals surface area contributed by atoms with Crippen LogP contribution in [0.4, 0.5) is 0 Å². The second kappa shape index (κ2) is 12.4. The van der Waals surface area contributed by atoms with Crippen LogP contribution in [0, 0.1) is 0 Å². The number of ketones is 1. The van der Waals surface area contributed by atoms with Crippen LogP contribution in [-0.4, -0.2) is 12.1 Å². The van der Waals surface area contributed by atoms with Crippen molar-refractivity contribution in [3.63, 3.8) is 0 Å². The summed E-state index contributed by atoms with van der Waals surface area (Å²) < 4.78 is 0. The van der Waals surface area contributed by atoms with Gasteiger partial charge in [-0.05, 0) is 19.3 Å². The van der Waals surface area contributed by atoms with Crippen LogP contribution in [0.5, 0.6) is 0 Å². The van der Waals surface area contributed by atoms with Crippen LogP contribution in [0.1, 0.15) is 77.6 Å². The highest BCUT2D eigenvalue weighted by Crippen LogP contribution is 2.09. The summed E-state index contributed by atoms with van der Waals surface area (Å²) >= 11 is 0. The molecule has 0 atom stereocenters. The number of Topliss-reactive ketones (excluding diaryl/α,β-unsaturated/α-hetero) is 1. The van der Waals surface area contributed by atoms with E-state index in [1.807, 2.05) is 0 Å². The third-order valence-electron chi connectivity index (χ3n) is 2.84. The summed E-state index contributed by atoms with van der Waals surface area (Å²) in [5.41, 5.74) is 0. The van der Waals surface area contributed by atoms with Gasteiger partial charge >= 0.3 is 0 Å².